The van der Waals surface area contributed by atoms with E-state index in [1.54, 1.807) is 24.1 Å². The molecule has 1 N–H and O–H groups in total. The molecule has 0 bridgehead atoms. The van der Waals surface area contributed by atoms with Gasteiger partial charge in [0.15, 0.2) is 5.82 Å². The van der Waals surface area contributed by atoms with Crippen molar-refractivity contribution < 1.29 is 9.15 Å². The van der Waals surface area contributed by atoms with Crippen LogP contribution >= 0.6 is 0 Å². The second-order valence-corrected chi connectivity index (χ2v) is 7.35. The molecule has 0 saturated carbocycles. The number of benzene rings is 2. The van der Waals surface area contributed by atoms with Gasteiger partial charge in [0.2, 0.25) is 0 Å². The number of rotatable bonds is 6. The summed E-state index contributed by atoms with van der Waals surface area (Å²) < 4.78 is 12.4. The monoisotopic (exact) mass is 411 g/mol. The van der Waals surface area contributed by atoms with E-state index in [4.69, 9.17) is 9.15 Å². The number of nitrogens with one attached hydrogen (secondary N) is 1. The van der Waals surface area contributed by atoms with Crippen molar-refractivity contribution in [2.45, 2.75) is 12.8 Å². The maximum Gasteiger partial charge on any atom is 0.278 e. The summed E-state index contributed by atoms with van der Waals surface area (Å²) in [5.41, 5.74) is 4.06. The third kappa shape index (κ3) is 3.75. The Morgan fingerprint density at radius 1 is 1.03 bits per heavy atom. The fourth-order valence-electron chi connectivity index (χ4n) is 3.73. The molecule has 0 atom stereocenters. The zero-order valence-corrected chi connectivity index (χ0v) is 17.0. The maximum atomic E-state index is 13.2. The molecule has 0 unspecified atom stereocenters. The van der Waals surface area contributed by atoms with E-state index >= 15 is 0 Å². The van der Waals surface area contributed by atoms with Gasteiger partial charge >= 0.3 is 0 Å². The van der Waals surface area contributed by atoms with Crippen LogP contribution in [0.15, 0.2) is 88.4 Å². The Labute approximate surface area is 179 Å². The van der Waals surface area contributed by atoms with Crippen LogP contribution in [-0.2, 0) is 12.8 Å². The molecule has 6 heteroatoms. The molecule has 2 aliphatic heterocycles. The number of aromatic amines is 1. The Kier molecular flexibility index (Phi) is 4.88. The lowest BCUT2D eigenvalue weighted by Crippen LogP contribution is -2.17. The number of methoxy groups -OCH3 is 1. The van der Waals surface area contributed by atoms with Gasteiger partial charge in [0, 0.05) is 18.2 Å². The van der Waals surface area contributed by atoms with Gasteiger partial charge in [0.25, 0.3) is 5.56 Å². The van der Waals surface area contributed by atoms with Gasteiger partial charge in [-0.25, -0.2) is 4.98 Å². The fourth-order valence-corrected chi connectivity index (χ4v) is 3.73. The van der Waals surface area contributed by atoms with Gasteiger partial charge in [0.1, 0.15) is 17.2 Å². The summed E-state index contributed by atoms with van der Waals surface area (Å²) in [5.74, 6) is 2.09. The smallest absolute Gasteiger partial charge is 0.278 e. The highest BCUT2D eigenvalue weighted by Crippen LogP contribution is 2.26. The van der Waals surface area contributed by atoms with E-state index in [-0.39, 0.29) is 5.56 Å². The van der Waals surface area contributed by atoms with E-state index in [0.717, 1.165) is 28.3 Å². The quantitative estimate of drug-likeness (QED) is 0.448. The molecule has 2 aromatic carbocycles. The molecular formula is C25H21N3O3. The summed E-state index contributed by atoms with van der Waals surface area (Å²) in [4.78, 5) is 21.4. The number of nitrogens with zero attached hydrogens (tertiary/aromatic N) is 2. The number of imidazole rings is 1. The summed E-state index contributed by atoms with van der Waals surface area (Å²) in [6.07, 6.45) is 4.39. The lowest BCUT2D eigenvalue weighted by Gasteiger charge is -2.14. The third-order valence-electron chi connectivity index (χ3n) is 5.27. The van der Waals surface area contributed by atoms with Crippen LogP contribution in [0.5, 0.6) is 5.75 Å². The van der Waals surface area contributed by atoms with Gasteiger partial charge < -0.3 is 14.1 Å². The Hall–Kier alpha value is -4.06. The first-order valence-corrected chi connectivity index (χ1v) is 10.0. The molecule has 3 aromatic rings. The highest BCUT2D eigenvalue weighted by atomic mass is 16.5. The third-order valence-corrected chi connectivity index (χ3v) is 5.27. The SMILES string of the molecule is COc1cccc(-c2cn3c(=O)c(Cc4ccco4)nc-3c(Cc3ccccc3)[nH]2)c1. The second kappa shape index (κ2) is 7.99. The zero-order valence-electron chi connectivity index (χ0n) is 17.0. The van der Waals surface area contributed by atoms with Crippen LogP contribution in [0.25, 0.3) is 17.1 Å². The van der Waals surface area contributed by atoms with Crippen LogP contribution in [0.2, 0.25) is 0 Å². The van der Waals surface area contributed by atoms with Crippen LogP contribution < -0.4 is 10.3 Å². The minimum Gasteiger partial charge on any atom is -0.497 e. The van der Waals surface area contributed by atoms with E-state index in [9.17, 15) is 4.79 Å². The molecule has 154 valence electrons. The van der Waals surface area contributed by atoms with Gasteiger partial charge in [-0.3, -0.25) is 9.36 Å². The van der Waals surface area contributed by atoms with Crippen LogP contribution in [0.4, 0.5) is 0 Å². The minimum absolute atomic E-state index is 0.140. The van der Waals surface area contributed by atoms with Gasteiger partial charge in [0.05, 0.1) is 31.2 Å². The number of hydrogen-bond acceptors (Lipinski definition) is 4. The molecule has 1 aromatic heterocycles. The van der Waals surface area contributed by atoms with Crippen molar-refractivity contribution in [1.29, 1.82) is 0 Å². The minimum atomic E-state index is -0.140. The zero-order chi connectivity index (χ0) is 21.2. The molecule has 0 fully saturated rings. The lowest BCUT2D eigenvalue weighted by molar-refractivity contribution is 0.415. The Bertz CT molecular complexity index is 1330. The van der Waals surface area contributed by atoms with Crippen molar-refractivity contribution in [3.8, 4) is 22.8 Å². The van der Waals surface area contributed by atoms with Crippen molar-refractivity contribution in [3.63, 3.8) is 0 Å². The van der Waals surface area contributed by atoms with Gasteiger partial charge in [-0.05, 0) is 29.8 Å². The van der Waals surface area contributed by atoms with Gasteiger partial charge in [-0.15, -0.1) is 0 Å². The molecule has 31 heavy (non-hydrogen) atoms. The molecular weight excluding hydrogens is 390 g/mol. The molecule has 0 saturated heterocycles. The summed E-state index contributed by atoms with van der Waals surface area (Å²) >= 11 is 0. The van der Waals surface area contributed by atoms with E-state index in [2.05, 4.69) is 22.1 Å². The molecule has 0 amide bonds. The van der Waals surface area contributed by atoms with Crippen LogP contribution in [-0.4, -0.2) is 21.6 Å². The first-order chi connectivity index (χ1) is 15.2. The molecule has 0 spiro atoms. The Morgan fingerprint density at radius 2 is 1.90 bits per heavy atom. The van der Waals surface area contributed by atoms with Crippen molar-refractivity contribution in [2.75, 3.05) is 7.11 Å². The lowest BCUT2D eigenvalue weighted by atomic mass is 10.1. The van der Waals surface area contributed by atoms with Gasteiger partial charge in [-0.1, -0.05) is 42.5 Å². The maximum absolute atomic E-state index is 13.2. The first kappa shape index (κ1) is 18.9. The molecule has 2 aliphatic rings. The Balaban J connectivity index is 1.66. The van der Waals surface area contributed by atoms with Crippen LogP contribution in [0, 0.1) is 0 Å². The van der Waals surface area contributed by atoms with Gasteiger partial charge in [-0.2, -0.15) is 0 Å². The summed E-state index contributed by atoms with van der Waals surface area (Å²) in [5, 5.41) is 0. The molecule has 5 rings (SSSR count). The first-order valence-electron chi connectivity index (χ1n) is 10.0. The van der Waals surface area contributed by atoms with E-state index in [0.29, 0.717) is 30.1 Å². The summed E-state index contributed by atoms with van der Waals surface area (Å²) in [6, 6.07) is 21.5. The molecule has 6 nitrogen and oxygen atoms in total. The summed E-state index contributed by atoms with van der Waals surface area (Å²) in [6.45, 7) is 0. The number of H-pyrrole nitrogens is 1. The van der Waals surface area contributed by atoms with Crippen molar-refractivity contribution in [2.24, 2.45) is 0 Å². The fraction of sp³-hybridized carbons (Fsp3) is 0.120. The number of furan rings is 1. The topological polar surface area (TPSA) is 73.1 Å². The van der Waals surface area contributed by atoms with E-state index in [1.165, 1.54) is 0 Å². The molecule has 0 radical (unpaired) electrons. The van der Waals surface area contributed by atoms with Crippen molar-refractivity contribution in [3.05, 3.63) is 112 Å². The molecule has 0 aliphatic carbocycles. The standard InChI is InChI=1S/C25H21N3O3/c1-30-19-10-5-9-18(14-19)23-16-28-24(21(26-23)13-17-7-3-2-4-8-17)27-22(25(28)29)15-20-11-6-12-31-20/h2-12,14,16,26H,13,15H2,1H3. The van der Waals surface area contributed by atoms with Crippen molar-refractivity contribution >= 4 is 0 Å². The largest absolute Gasteiger partial charge is 0.497 e. The predicted octanol–water partition coefficient (Wildman–Crippen LogP) is 4.45. The van der Waals surface area contributed by atoms with Crippen molar-refractivity contribution in [1.82, 2.24) is 14.5 Å². The highest BCUT2D eigenvalue weighted by molar-refractivity contribution is 5.62. The van der Waals surface area contributed by atoms with Crippen LogP contribution in [0.3, 0.4) is 0 Å². The number of aromatic nitrogens is 3. The summed E-state index contributed by atoms with van der Waals surface area (Å²) in [7, 11) is 1.64. The van der Waals surface area contributed by atoms with Crippen LogP contribution in [0.1, 0.15) is 22.7 Å². The Morgan fingerprint density at radius 3 is 2.68 bits per heavy atom. The number of hydrogen-bond donors (Lipinski definition) is 1. The average molecular weight is 411 g/mol. The predicted molar refractivity (Wildman–Crippen MR) is 118 cm³/mol. The van der Waals surface area contributed by atoms with E-state index in [1.807, 2.05) is 54.6 Å². The van der Waals surface area contributed by atoms with E-state index < -0.39 is 0 Å². The average Bonchev–Trinajstić information content (AvgIpc) is 3.43. The molecule has 3 heterocycles. The normalized spacial score (nSPS) is 11.1. The highest BCUT2D eigenvalue weighted by Gasteiger charge is 2.21. The number of ether oxygens (including phenoxy) is 1. The number of fused-ring (bicyclic) bond motifs is 1. The second-order valence-electron chi connectivity index (χ2n) is 7.35.